The van der Waals surface area contributed by atoms with Crippen LogP contribution >= 0.6 is 11.8 Å². The molecule has 7 nitrogen and oxygen atoms in total. The average molecular weight is 495 g/mol. The van der Waals surface area contributed by atoms with Gasteiger partial charge in [0.15, 0.2) is 10.9 Å². The minimum absolute atomic E-state index is 0.0664. The molecule has 1 heterocycles. The number of amides is 1. The molecule has 1 N–H and O–H groups in total. The number of anilines is 1. The van der Waals surface area contributed by atoms with E-state index in [1.165, 1.54) is 11.8 Å². The Balaban J connectivity index is 1.82. The number of benzene rings is 2. The smallest absolute Gasteiger partial charge is 0.262 e. The minimum atomic E-state index is -0.0889. The SMILES string of the molecule is CCC(=O)Nc1ccc(C(=O)CSc2nc3ccccc3c(=O)n2CCN(C(C)C)C(C)C)cc1. The lowest BCUT2D eigenvalue weighted by Gasteiger charge is -2.30. The molecular formula is C27H34N4O3S. The summed E-state index contributed by atoms with van der Waals surface area (Å²) >= 11 is 1.28. The third-order valence-electron chi connectivity index (χ3n) is 5.88. The summed E-state index contributed by atoms with van der Waals surface area (Å²) in [5, 5.41) is 3.90. The Morgan fingerprint density at radius 3 is 2.31 bits per heavy atom. The van der Waals surface area contributed by atoms with E-state index in [-0.39, 0.29) is 23.0 Å². The average Bonchev–Trinajstić information content (AvgIpc) is 2.84. The number of hydrogen-bond acceptors (Lipinski definition) is 6. The van der Waals surface area contributed by atoms with Gasteiger partial charge in [-0.05, 0) is 64.1 Å². The van der Waals surface area contributed by atoms with Gasteiger partial charge in [0.1, 0.15) is 0 Å². The van der Waals surface area contributed by atoms with Crippen LogP contribution in [0.1, 0.15) is 51.4 Å². The van der Waals surface area contributed by atoms with Crippen molar-refractivity contribution in [1.82, 2.24) is 14.5 Å². The van der Waals surface area contributed by atoms with Gasteiger partial charge in [0.25, 0.3) is 5.56 Å². The van der Waals surface area contributed by atoms with Crippen LogP contribution in [0.3, 0.4) is 0 Å². The van der Waals surface area contributed by atoms with Crippen molar-refractivity contribution in [2.45, 2.75) is 64.8 Å². The summed E-state index contributed by atoms with van der Waals surface area (Å²) in [6.07, 6.45) is 0.393. The van der Waals surface area contributed by atoms with Crippen LogP contribution in [0.25, 0.3) is 10.9 Å². The third-order valence-corrected chi connectivity index (χ3v) is 6.86. The van der Waals surface area contributed by atoms with Crippen LogP contribution in [-0.4, -0.2) is 50.5 Å². The number of fused-ring (bicyclic) bond motifs is 1. The largest absolute Gasteiger partial charge is 0.326 e. The highest BCUT2D eigenvalue weighted by atomic mass is 32.2. The fraction of sp³-hybridized carbons (Fsp3) is 0.407. The van der Waals surface area contributed by atoms with E-state index in [4.69, 9.17) is 4.98 Å². The maximum Gasteiger partial charge on any atom is 0.262 e. The number of aromatic nitrogens is 2. The lowest BCUT2D eigenvalue weighted by atomic mass is 10.1. The van der Waals surface area contributed by atoms with Gasteiger partial charge in [-0.1, -0.05) is 30.8 Å². The first kappa shape index (κ1) is 26.6. The van der Waals surface area contributed by atoms with Crippen molar-refractivity contribution < 1.29 is 9.59 Å². The molecule has 0 aliphatic rings. The molecule has 0 spiro atoms. The molecule has 0 saturated carbocycles. The standard InChI is InChI=1S/C27H34N4O3S/c1-6-25(33)28-21-13-11-20(12-14-21)24(32)17-35-27-29-23-10-8-7-9-22(23)26(34)31(27)16-15-30(18(2)3)19(4)5/h7-14,18-19H,6,15-17H2,1-5H3,(H,28,33). The summed E-state index contributed by atoms with van der Waals surface area (Å²) in [5.41, 5.74) is 1.75. The topological polar surface area (TPSA) is 84.3 Å². The lowest BCUT2D eigenvalue weighted by Crippen LogP contribution is -2.40. The van der Waals surface area contributed by atoms with Gasteiger partial charge in [-0.25, -0.2) is 4.98 Å². The normalized spacial score (nSPS) is 11.5. The third kappa shape index (κ3) is 6.80. The molecule has 2 aromatic carbocycles. The fourth-order valence-electron chi connectivity index (χ4n) is 3.99. The number of para-hydroxylation sites is 1. The molecule has 0 radical (unpaired) electrons. The molecular weight excluding hydrogens is 460 g/mol. The summed E-state index contributed by atoms with van der Waals surface area (Å²) in [4.78, 5) is 44.8. The Morgan fingerprint density at radius 2 is 1.69 bits per heavy atom. The van der Waals surface area contributed by atoms with E-state index in [0.29, 0.717) is 58.9 Å². The molecule has 0 aliphatic carbocycles. The zero-order chi connectivity index (χ0) is 25.5. The monoisotopic (exact) mass is 494 g/mol. The Hall–Kier alpha value is -2.97. The molecule has 1 amide bonds. The summed E-state index contributed by atoms with van der Waals surface area (Å²) in [6, 6.07) is 14.9. The molecule has 3 aromatic rings. The highest BCUT2D eigenvalue weighted by Gasteiger charge is 2.18. The van der Waals surface area contributed by atoms with Gasteiger partial charge < -0.3 is 5.32 Å². The Kier molecular flexibility index (Phi) is 9.23. The number of thioether (sulfide) groups is 1. The number of carbonyl (C=O) groups excluding carboxylic acids is 2. The number of Topliss-reactive ketones (excluding diaryl/α,β-unsaturated/α-hetero) is 1. The van der Waals surface area contributed by atoms with Gasteiger partial charge in [0.05, 0.1) is 16.7 Å². The van der Waals surface area contributed by atoms with Crippen LogP contribution in [0, 0.1) is 0 Å². The van der Waals surface area contributed by atoms with Gasteiger partial charge in [-0.15, -0.1) is 0 Å². The molecule has 35 heavy (non-hydrogen) atoms. The number of nitrogens with zero attached hydrogens (tertiary/aromatic N) is 3. The van der Waals surface area contributed by atoms with E-state index in [1.807, 2.05) is 18.2 Å². The van der Waals surface area contributed by atoms with Gasteiger partial charge in [0.2, 0.25) is 5.91 Å². The molecule has 0 atom stereocenters. The van der Waals surface area contributed by atoms with E-state index in [9.17, 15) is 14.4 Å². The predicted octanol–water partition coefficient (Wildman–Crippen LogP) is 4.84. The first-order valence-electron chi connectivity index (χ1n) is 12.0. The molecule has 186 valence electrons. The van der Waals surface area contributed by atoms with Crippen molar-refractivity contribution in [2.24, 2.45) is 0 Å². The zero-order valence-corrected chi connectivity index (χ0v) is 21.9. The Labute approximate surface area is 210 Å². The number of nitrogens with one attached hydrogen (secondary N) is 1. The number of carbonyl (C=O) groups is 2. The lowest BCUT2D eigenvalue weighted by molar-refractivity contribution is -0.115. The van der Waals surface area contributed by atoms with Crippen molar-refractivity contribution in [1.29, 1.82) is 0 Å². The van der Waals surface area contributed by atoms with Crippen LogP contribution in [-0.2, 0) is 11.3 Å². The van der Waals surface area contributed by atoms with Crippen molar-refractivity contribution >= 4 is 40.0 Å². The highest BCUT2D eigenvalue weighted by molar-refractivity contribution is 7.99. The van der Waals surface area contributed by atoms with Gasteiger partial charge in [0, 0.05) is 42.8 Å². The van der Waals surface area contributed by atoms with Gasteiger partial charge >= 0.3 is 0 Å². The quantitative estimate of drug-likeness (QED) is 0.233. The van der Waals surface area contributed by atoms with Crippen molar-refractivity contribution in [3.63, 3.8) is 0 Å². The Morgan fingerprint density at radius 1 is 1.03 bits per heavy atom. The second-order valence-corrected chi connectivity index (χ2v) is 9.93. The predicted molar refractivity (Wildman–Crippen MR) is 143 cm³/mol. The van der Waals surface area contributed by atoms with E-state index < -0.39 is 0 Å². The van der Waals surface area contributed by atoms with Crippen LogP contribution in [0.5, 0.6) is 0 Å². The molecule has 1 aromatic heterocycles. The maximum absolute atomic E-state index is 13.3. The van der Waals surface area contributed by atoms with E-state index in [2.05, 4.69) is 37.9 Å². The van der Waals surface area contributed by atoms with Crippen LogP contribution in [0.2, 0.25) is 0 Å². The summed E-state index contributed by atoms with van der Waals surface area (Å²) in [6.45, 7) is 11.6. The minimum Gasteiger partial charge on any atom is -0.326 e. The summed E-state index contributed by atoms with van der Waals surface area (Å²) in [5.74, 6) is 0.0144. The van der Waals surface area contributed by atoms with Crippen molar-refractivity contribution in [2.75, 3.05) is 17.6 Å². The van der Waals surface area contributed by atoms with Crippen molar-refractivity contribution in [3.8, 4) is 0 Å². The highest BCUT2D eigenvalue weighted by Crippen LogP contribution is 2.20. The van der Waals surface area contributed by atoms with E-state index in [0.717, 1.165) is 0 Å². The zero-order valence-electron chi connectivity index (χ0n) is 21.1. The number of hydrogen-bond donors (Lipinski definition) is 1. The maximum atomic E-state index is 13.3. The first-order chi connectivity index (χ1) is 16.7. The van der Waals surface area contributed by atoms with Gasteiger partial charge in [-0.2, -0.15) is 0 Å². The second kappa shape index (κ2) is 12.1. The molecule has 0 saturated heterocycles. The molecule has 0 unspecified atom stereocenters. The first-order valence-corrected chi connectivity index (χ1v) is 13.0. The molecule has 0 bridgehead atoms. The van der Waals surface area contributed by atoms with E-state index >= 15 is 0 Å². The second-order valence-electron chi connectivity index (χ2n) is 8.98. The molecule has 0 fully saturated rings. The number of rotatable bonds is 11. The molecule has 8 heteroatoms. The summed E-state index contributed by atoms with van der Waals surface area (Å²) < 4.78 is 1.70. The fourth-order valence-corrected chi connectivity index (χ4v) is 4.91. The number of ketones is 1. The van der Waals surface area contributed by atoms with Crippen molar-refractivity contribution in [3.05, 3.63) is 64.4 Å². The van der Waals surface area contributed by atoms with Gasteiger partial charge in [-0.3, -0.25) is 23.9 Å². The summed E-state index contributed by atoms with van der Waals surface area (Å²) in [7, 11) is 0. The Bertz CT molecular complexity index is 1230. The van der Waals surface area contributed by atoms with E-state index in [1.54, 1.807) is 41.8 Å². The van der Waals surface area contributed by atoms with Crippen LogP contribution < -0.4 is 10.9 Å². The van der Waals surface area contributed by atoms with Crippen LogP contribution in [0.4, 0.5) is 5.69 Å². The van der Waals surface area contributed by atoms with Crippen LogP contribution in [0.15, 0.2) is 58.5 Å². The molecule has 0 aliphatic heterocycles. The molecule has 3 rings (SSSR count).